The lowest BCUT2D eigenvalue weighted by Crippen LogP contribution is -2.52. The molecule has 0 aromatic heterocycles. The maximum Gasteiger partial charge on any atom is 0.432 e. The lowest BCUT2D eigenvalue weighted by atomic mass is 10.1. The number of carbonyl (C=O) groups excluding carboxylic acids is 3. The normalized spacial score (nSPS) is 12.8. The molecule has 0 saturated heterocycles. The smallest absolute Gasteiger partial charge is 0.432 e. The number of carbonyl (C=O) groups is 3. The van der Waals surface area contributed by atoms with Gasteiger partial charge in [0.15, 0.2) is 21.6 Å². The third-order valence-corrected chi connectivity index (χ3v) is 10.4. The van der Waals surface area contributed by atoms with Crippen molar-refractivity contribution in [3.63, 3.8) is 0 Å². The third-order valence-electron chi connectivity index (χ3n) is 5.12. The predicted molar refractivity (Wildman–Crippen MR) is 195 cm³/mol. The van der Waals surface area contributed by atoms with Crippen molar-refractivity contribution in [2.75, 3.05) is 0 Å². The molecule has 3 rings (SSSR count). The highest BCUT2D eigenvalue weighted by molar-refractivity contribution is 14.1. The summed E-state index contributed by atoms with van der Waals surface area (Å²) >= 11 is 11.5. The van der Waals surface area contributed by atoms with E-state index in [4.69, 9.17) is 9.47 Å². The van der Waals surface area contributed by atoms with Gasteiger partial charge in [0.2, 0.25) is 0 Å². The van der Waals surface area contributed by atoms with Gasteiger partial charge in [0.05, 0.1) is 31.0 Å². The van der Waals surface area contributed by atoms with Gasteiger partial charge in [-0.05, 0) is 178 Å². The highest BCUT2D eigenvalue weighted by atomic mass is 127. The molecular weight excluding hydrogens is 1320 g/mol. The van der Waals surface area contributed by atoms with E-state index in [-0.39, 0.29) is 11.5 Å². The molecule has 21 heteroatoms. The van der Waals surface area contributed by atoms with Crippen LogP contribution < -0.4 is 9.47 Å². The van der Waals surface area contributed by atoms with Gasteiger partial charge < -0.3 is 18.8 Å². The van der Waals surface area contributed by atoms with Crippen LogP contribution >= 0.6 is 136 Å². The van der Waals surface area contributed by atoms with Crippen LogP contribution in [0.3, 0.4) is 0 Å². The molecule has 0 fully saturated rings. The Morgan fingerprint density at radius 2 is 0.933 bits per heavy atom. The van der Waals surface area contributed by atoms with Crippen molar-refractivity contribution in [2.45, 2.75) is 17.5 Å². The Morgan fingerprint density at radius 1 is 0.622 bits per heavy atom. The zero-order chi connectivity index (χ0) is 34.2. The van der Waals surface area contributed by atoms with Gasteiger partial charge in [-0.1, -0.05) is 0 Å². The highest BCUT2D eigenvalue weighted by Crippen LogP contribution is 2.39. The Labute approximate surface area is 332 Å². The average Bonchev–Trinajstić information content (AvgIpc) is 2.89. The fraction of sp³-hybridized carbons (Fsp3) is 0.125. The Bertz CT molecular complexity index is 1680. The molecule has 0 aliphatic rings. The molecule has 0 spiro atoms. The SMILES string of the molecule is O=C(Oc1c(I)cc(I)cc1I)c1cc(C(=O)Oc2c(I)cc(I)cc2I)cc(C(=O)OC(C(F)(F)F)C(F)(F)S(=O)(=O)[O-])c1. The van der Waals surface area contributed by atoms with Crippen LogP contribution in [0.5, 0.6) is 11.5 Å². The van der Waals surface area contributed by atoms with Crippen LogP contribution in [-0.2, 0) is 14.9 Å². The molecule has 0 bridgehead atoms. The molecule has 0 radical (unpaired) electrons. The monoisotopic (exact) mass is 1330 g/mol. The number of alkyl halides is 5. The Morgan fingerprint density at radius 3 is 1.22 bits per heavy atom. The minimum absolute atomic E-state index is 0.0548. The number of hydrogen-bond donors (Lipinski definition) is 0. The Hall–Kier alpha value is 0.01000. The summed E-state index contributed by atoms with van der Waals surface area (Å²) in [5, 5.41) is -6.13. The summed E-state index contributed by atoms with van der Waals surface area (Å²) in [4.78, 5) is 39.1. The molecule has 0 N–H and O–H groups in total. The zero-order valence-corrected chi connectivity index (χ0v) is 34.6. The molecule has 1 unspecified atom stereocenters. The largest absolute Gasteiger partial charge is 0.743 e. The van der Waals surface area contributed by atoms with Crippen molar-refractivity contribution in [3.8, 4) is 11.5 Å². The molecule has 0 amide bonds. The van der Waals surface area contributed by atoms with Crippen LogP contribution in [0.1, 0.15) is 31.1 Å². The third kappa shape index (κ3) is 9.80. The lowest BCUT2D eigenvalue weighted by Gasteiger charge is -2.29. The molecule has 45 heavy (non-hydrogen) atoms. The first-order chi connectivity index (χ1) is 20.5. The maximum atomic E-state index is 14.0. The second-order valence-corrected chi connectivity index (χ2v) is 16.9. The van der Waals surface area contributed by atoms with Crippen molar-refractivity contribution in [1.82, 2.24) is 0 Å². The fourth-order valence-corrected chi connectivity index (χ4v) is 11.2. The van der Waals surface area contributed by atoms with Gasteiger partial charge in [-0.25, -0.2) is 22.8 Å². The van der Waals surface area contributed by atoms with Crippen LogP contribution in [0.15, 0.2) is 42.5 Å². The molecule has 242 valence electrons. The van der Waals surface area contributed by atoms with E-state index in [2.05, 4.69) is 4.74 Å². The molecule has 3 aromatic rings. The van der Waals surface area contributed by atoms with Crippen LogP contribution in [-0.4, -0.2) is 48.4 Å². The van der Waals surface area contributed by atoms with Gasteiger partial charge in [0, 0.05) is 7.14 Å². The Balaban J connectivity index is 2.13. The molecular formula is C24H8F5I6O9S-. The second kappa shape index (κ2) is 15.3. The molecule has 0 saturated carbocycles. The number of benzene rings is 3. The van der Waals surface area contributed by atoms with Crippen molar-refractivity contribution >= 4 is 164 Å². The van der Waals surface area contributed by atoms with E-state index in [9.17, 15) is 49.3 Å². The standard InChI is InChI=1S/C24H9F5I6O9S/c25-23(26,27)22(24(28,29)45(39,40)41)44-21(38)10-2-8(19(36)42-17-13(32)4-11(30)5-14(17)33)1-9(3-10)20(37)43-18-15(34)6-12(31)7-16(18)35/h1-7,22H,(H,39,40,41)/p-1. The van der Waals surface area contributed by atoms with Crippen LogP contribution in [0.2, 0.25) is 0 Å². The summed E-state index contributed by atoms with van der Waals surface area (Å²) in [6.45, 7) is 0. The molecule has 0 heterocycles. The number of rotatable bonds is 8. The van der Waals surface area contributed by atoms with Crippen LogP contribution in [0, 0.1) is 21.4 Å². The summed E-state index contributed by atoms with van der Waals surface area (Å²) in [5.74, 6) is -4.59. The number of esters is 3. The molecule has 1 atom stereocenters. The second-order valence-electron chi connectivity index (χ2n) is 8.32. The average molecular weight is 1330 g/mol. The first-order valence-corrected chi connectivity index (χ1v) is 18.9. The predicted octanol–water partition coefficient (Wildman–Crippen LogP) is 7.98. The minimum atomic E-state index is -6.98. The Kier molecular flexibility index (Phi) is 13.4. The molecule has 9 nitrogen and oxygen atoms in total. The van der Waals surface area contributed by atoms with E-state index in [0.29, 0.717) is 26.4 Å². The quantitative estimate of drug-likeness (QED) is 0.0724. The number of ether oxygens (including phenoxy) is 3. The van der Waals surface area contributed by atoms with E-state index in [0.717, 1.165) is 13.2 Å². The first kappa shape index (κ1) is 39.4. The zero-order valence-electron chi connectivity index (χ0n) is 20.9. The van der Waals surface area contributed by atoms with Crippen molar-refractivity contribution in [1.29, 1.82) is 0 Å². The molecule has 0 aliphatic carbocycles. The van der Waals surface area contributed by atoms with Gasteiger partial charge in [0.25, 0.3) is 6.10 Å². The number of halogens is 11. The van der Waals surface area contributed by atoms with E-state index in [1.807, 2.05) is 136 Å². The van der Waals surface area contributed by atoms with Crippen LogP contribution in [0.4, 0.5) is 22.0 Å². The first-order valence-electron chi connectivity index (χ1n) is 11.0. The summed E-state index contributed by atoms with van der Waals surface area (Å²) < 4.78 is 119. The maximum absolute atomic E-state index is 14.0. The summed E-state index contributed by atoms with van der Waals surface area (Å²) in [6, 6.07) is 8.61. The van der Waals surface area contributed by atoms with Gasteiger partial charge >= 0.3 is 29.3 Å². The van der Waals surface area contributed by atoms with Crippen LogP contribution in [0.25, 0.3) is 0 Å². The summed E-state index contributed by atoms with van der Waals surface area (Å²) in [7, 11) is -6.98. The van der Waals surface area contributed by atoms with Crippen molar-refractivity contribution < 1.29 is 63.5 Å². The van der Waals surface area contributed by atoms with Crippen molar-refractivity contribution in [2.24, 2.45) is 0 Å². The van der Waals surface area contributed by atoms with E-state index in [1.54, 1.807) is 24.3 Å². The number of hydrogen-bond acceptors (Lipinski definition) is 9. The van der Waals surface area contributed by atoms with Gasteiger partial charge in [-0.15, -0.1) is 0 Å². The van der Waals surface area contributed by atoms with E-state index < -0.39 is 62.3 Å². The van der Waals surface area contributed by atoms with Gasteiger partial charge in [-0.2, -0.15) is 22.0 Å². The summed E-state index contributed by atoms with van der Waals surface area (Å²) in [5.41, 5.74) is -2.33. The lowest BCUT2D eigenvalue weighted by molar-refractivity contribution is -0.248. The van der Waals surface area contributed by atoms with Gasteiger partial charge in [0.1, 0.15) is 0 Å². The van der Waals surface area contributed by atoms with Crippen molar-refractivity contribution in [3.05, 3.63) is 80.6 Å². The van der Waals surface area contributed by atoms with Gasteiger partial charge in [-0.3, -0.25) is 0 Å². The molecule has 3 aromatic carbocycles. The highest BCUT2D eigenvalue weighted by Gasteiger charge is 2.63. The fourth-order valence-electron chi connectivity index (χ4n) is 3.17. The van der Waals surface area contributed by atoms with E-state index in [1.165, 1.54) is 0 Å². The summed E-state index contributed by atoms with van der Waals surface area (Å²) in [6.07, 6.45) is -11.0. The minimum Gasteiger partial charge on any atom is -0.743 e. The topological polar surface area (TPSA) is 136 Å². The van der Waals surface area contributed by atoms with E-state index >= 15 is 0 Å². The molecule has 0 aliphatic heterocycles.